The third kappa shape index (κ3) is 2.15. The molecular formula is C11H18N2O. The van der Waals surface area contributed by atoms with Gasteiger partial charge in [-0.1, -0.05) is 6.08 Å². The average Bonchev–Trinajstić information content (AvgIpc) is 2.90. The first-order valence-electron chi connectivity index (χ1n) is 5.42. The SMILES string of the molecule is C=CCN(C(=O)CC1CNC1)C1CC1. The molecule has 1 aliphatic carbocycles. The Bertz CT molecular complexity index is 231. The smallest absolute Gasteiger partial charge is 0.223 e. The Hall–Kier alpha value is -0.830. The Morgan fingerprint density at radius 1 is 1.50 bits per heavy atom. The third-order valence-corrected chi connectivity index (χ3v) is 2.96. The van der Waals surface area contributed by atoms with Crippen LogP contribution in [0.1, 0.15) is 19.3 Å². The Kier molecular flexibility index (Phi) is 2.87. The van der Waals surface area contributed by atoms with Crippen LogP contribution < -0.4 is 5.32 Å². The highest BCUT2D eigenvalue weighted by atomic mass is 16.2. The fraction of sp³-hybridized carbons (Fsp3) is 0.727. The molecule has 1 aliphatic heterocycles. The van der Waals surface area contributed by atoms with Crippen molar-refractivity contribution in [3.05, 3.63) is 12.7 Å². The van der Waals surface area contributed by atoms with Crippen molar-refractivity contribution in [2.75, 3.05) is 19.6 Å². The molecule has 1 heterocycles. The molecule has 0 atom stereocenters. The second-order valence-corrected chi connectivity index (χ2v) is 4.29. The first-order chi connectivity index (χ1) is 6.81. The monoisotopic (exact) mass is 194 g/mol. The van der Waals surface area contributed by atoms with Crippen molar-refractivity contribution >= 4 is 5.91 Å². The maximum Gasteiger partial charge on any atom is 0.223 e. The molecular weight excluding hydrogens is 176 g/mol. The van der Waals surface area contributed by atoms with E-state index < -0.39 is 0 Å². The Morgan fingerprint density at radius 3 is 2.64 bits per heavy atom. The van der Waals surface area contributed by atoms with Crippen molar-refractivity contribution < 1.29 is 4.79 Å². The molecule has 0 aromatic carbocycles. The van der Waals surface area contributed by atoms with Crippen LogP contribution in [0, 0.1) is 5.92 Å². The zero-order chi connectivity index (χ0) is 9.97. The summed E-state index contributed by atoms with van der Waals surface area (Å²) in [6, 6.07) is 0.522. The lowest BCUT2D eigenvalue weighted by Crippen LogP contribution is -2.45. The maximum atomic E-state index is 11.9. The molecule has 0 aromatic rings. The van der Waals surface area contributed by atoms with E-state index in [4.69, 9.17) is 0 Å². The Labute approximate surface area is 85.2 Å². The quantitative estimate of drug-likeness (QED) is 0.656. The van der Waals surface area contributed by atoms with Gasteiger partial charge in [-0.2, -0.15) is 0 Å². The summed E-state index contributed by atoms with van der Waals surface area (Å²) in [6.07, 6.45) is 4.91. The summed E-state index contributed by atoms with van der Waals surface area (Å²) >= 11 is 0. The van der Waals surface area contributed by atoms with Crippen LogP contribution in [0.15, 0.2) is 12.7 Å². The third-order valence-electron chi connectivity index (χ3n) is 2.96. The summed E-state index contributed by atoms with van der Waals surface area (Å²) in [5.74, 6) is 0.896. The van der Waals surface area contributed by atoms with E-state index in [2.05, 4.69) is 11.9 Å². The molecule has 2 rings (SSSR count). The van der Waals surface area contributed by atoms with Crippen LogP contribution in [-0.2, 0) is 4.79 Å². The summed E-state index contributed by atoms with van der Waals surface area (Å²) in [6.45, 7) is 6.45. The summed E-state index contributed by atoms with van der Waals surface area (Å²) in [7, 11) is 0. The molecule has 0 aromatic heterocycles. The van der Waals surface area contributed by atoms with Crippen molar-refractivity contribution in [1.82, 2.24) is 10.2 Å². The van der Waals surface area contributed by atoms with Crippen molar-refractivity contribution in [2.24, 2.45) is 5.92 Å². The second kappa shape index (κ2) is 4.13. The van der Waals surface area contributed by atoms with Gasteiger partial charge in [-0.05, 0) is 31.8 Å². The highest BCUT2D eigenvalue weighted by Crippen LogP contribution is 2.28. The van der Waals surface area contributed by atoms with Gasteiger partial charge in [0.1, 0.15) is 0 Å². The molecule has 1 amide bonds. The van der Waals surface area contributed by atoms with Crippen LogP contribution in [0.3, 0.4) is 0 Å². The predicted octanol–water partition coefficient (Wildman–Crippen LogP) is 0.773. The van der Waals surface area contributed by atoms with Gasteiger partial charge >= 0.3 is 0 Å². The highest BCUT2D eigenvalue weighted by Gasteiger charge is 2.33. The lowest BCUT2D eigenvalue weighted by atomic mass is 9.98. The maximum absolute atomic E-state index is 11.9. The molecule has 0 spiro atoms. The van der Waals surface area contributed by atoms with E-state index in [0.717, 1.165) is 26.1 Å². The van der Waals surface area contributed by atoms with Gasteiger partial charge in [-0.3, -0.25) is 4.79 Å². The molecule has 1 N–H and O–H groups in total. The van der Waals surface area contributed by atoms with Crippen LogP contribution in [0.5, 0.6) is 0 Å². The van der Waals surface area contributed by atoms with E-state index in [1.165, 1.54) is 12.8 Å². The van der Waals surface area contributed by atoms with Crippen LogP contribution >= 0.6 is 0 Å². The van der Waals surface area contributed by atoms with E-state index in [9.17, 15) is 4.79 Å². The van der Waals surface area contributed by atoms with Gasteiger partial charge in [0.2, 0.25) is 5.91 Å². The normalized spacial score (nSPS) is 21.4. The fourth-order valence-electron chi connectivity index (χ4n) is 1.84. The number of hydrogen-bond acceptors (Lipinski definition) is 2. The first kappa shape index (κ1) is 9.71. The number of carbonyl (C=O) groups is 1. The molecule has 0 unspecified atom stereocenters. The van der Waals surface area contributed by atoms with Crippen LogP contribution in [0.2, 0.25) is 0 Å². The van der Waals surface area contributed by atoms with Crippen molar-refractivity contribution in [3.8, 4) is 0 Å². The van der Waals surface area contributed by atoms with E-state index in [1.807, 2.05) is 11.0 Å². The molecule has 78 valence electrons. The second-order valence-electron chi connectivity index (χ2n) is 4.29. The number of hydrogen-bond donors (Lipinski definition) is 1. The lowest BCUT2D eigenvalue weighted by molar-refractivity contribution is -0.132. The standard InChI is InChI=1S/C11H18N2O/c1-2-5-13(10-3-4-10)11(14)6-9-7-12-8-9/h2,9-10,12H,1,3-8H2. The van der Waals surface area contributed by atoms with Gasteiger partial charge in [0, 0.05) is 19.0 Å². The predicted molar refractivity (Wildman–Crippen MR) is 55.9 cm³/mol. The summed E-state index contributed by atoms with van der Waals surface area (Å²) < 4.78 is 0. The Morgan fingerprint density at radius 2 is 2.21 bits per heavy atom. The Balaban J connectivity index is 1.82. The zero-order valence-electron chi connectivity index (χ0n) is 8.54. The number of rotatable bonds is 5. The summed E-state index contributed by atoms with van der Waals surface area (Å²) in [5, 5.41) is 3.19. The number of nitrogens with one attached hydrogen (secondary N) is 1. The van der Waals surface area contributed by atoms with Gasteiger partial charge in [0.05, 0.1) is 0 Å². The van der Waals surface area contributed by atoms with Gasteiger partial charge in [0.15, 0.2) is 0 Å². The summed E-state index contributed by atoms with van der Waals surface area (Å²) in [4.78, 5) is 13.9. The summed E-state index contributed by atoms with van der Waals surface area (Å²) in [5.41, 5.74) is 0. The van der Waals surface area contributed by atoms with Crippen LogP contribution in [0.4, 0.5) is 0 Å². The fourth-order valence-corrected chi connectivity index (χ4v) is 1.84. The zero-order valence-corrected chi connectivity index (χ0v) is 8.54. The van der Waals surface area contributed by atoms with Crippen molar-refractivity contribution in [3.63, 3.8) is 0 Å². The molecule has 1 saturated carbocycles. The number of amides is 1. The van der Waals surface area contributed by atoms with Crippen molar-refractivity contribution in [1.29, 1.82) is 0 Å². The minimum absolute atomic E-state index is 0.318. The molecule has 2 aliphatic rings. The molecule has 3 heteroatoms. The van der Waals surface area contributed by atoms with Crippen molar-refractivity contribution in [2.45, 2.75) is 25.3 Å². The molecule has 14 heavy (non-hydrogen) atoms. The topological polar surface area (TPSA) is 32.3 Å². The number of carbonyl (C=O) groups excluding carboxylic acids is 1. The first-order valence-corrected chi connectivity index (χ1v) is 5.42. The van der Waals surface area contributed by atoms with Crippen LogP contribution in [0.25, 0.3) is 0 Å². The molecule has 1 saturated heterocycles. The minimum atomic E-state index is 0.318. The van der Waals surface area contributed by atoms with Gasteiger partial charge in [-0.25, -0.2) is 0 Å². The minimum Gasteiger partial charge on any atom is -0.336 e. The largest absolute Gasteiger partial charge is 0.336 e. The van der Waals surface area contributed by atoms with Crippen LogP contribution in [-0.4, -0.2) is 36.5 Å². The molecule has 3 nitrogen and oxygen atoms in total. The molecule has 0 bridgehead atoms. The van der Waals surface area contributed by atoms with E-state index in [-0.39, 0.29) is 0 Å². The number of nitrogens with zero attached hydrogens (tertiary/aromatic N) is 1. The molecule has 0 radical (unpaired) electrons. The average molecular weight is 194 g/mol. The highest BCUT2D eigenvalue weighted by molar-refractivity contribution is 5.77. The lowest BCUT2D eigenvalue weighted by Gasteiger charge is -2.29. The van der Waals surface area contributed by atoms with E-state index in [1.54, 1.807) is 0 Å². The molecule has 2 fully saturated rings. The van der Waals surface area contributed by atoms with Gasteiger partial charge in [0.25, 0.3) is 0 Å². The van der Waals surface area contributed by atoms with Gasteiger partial charge in [-0.15, -0.1) is 6.58 Å². The van der Waals surface area contributed by atoms with E-state index in [0.29, 0.717) is 17.9 Å². The van der Waals surface area contributed by atoms with E-state index >= 15 is 0 Å². The van der Waals surface area contributed by atoms with Gasteiger partial charge < -0.3 is 10.2 Å².